The van der Waals surface area contributed by atoms with E-state index in [1.165, 1.54) is 0 Å². The zero-order valence-electron chi connectivity index (χ0n) is 15.2. The van der Waals surface area contributed by atoms with Crippen molar-refractivity contribution < 1.29 is 14.3 Å². The normalized spacial score (nSPS) is 14.7. The molecule has 142 valence electrons. The number of carbonyl (C=O) groups is 2. The van der Waals surface area contributed by atoms with Crippen molar-refractivity contribution in [3.8, 4) is 11.3 Å². The van der Waals surface area contributed by atoms with Crippen LogP contribution in [0.1, 0.15) is 25.7 Å². The lowest BCUT2D eigenvalue weighted by atomic mass is 9.92. The Bertz CT molecular complexity index is 774. The molecule has 2 heterocycles. The first kappa shape index (κ1) is 18.8. The van der Waals surface area contributed by atoms with E-state index < -0.39 is 5.91 Å². The van der Waals surface area contributed by atoms with Crippen LogP contribution in [0.15, 0.2) is 42.7 Å². The fourth-order valence-electron chi connectivity index (χ4n) is 3.28. The average molecular weight is 368 g/mol. The molecular formula is C20H24N4O3. The first-order valence-corrected chi connectivity index (χ1v) is 9.18. The van der Waals surface area contributed by atoms with E-state index in [0.29, 0.717) is 12.3 Å². The van der Waals surface area contributed by atoms with E-state index in [1.807, 2.05) is 36.4 Å². The predicted molar refractivity (Wildman–Crippen MR) is 102 cm³/mol. The Kier molecular flexibility index (Phi) is 6.35. The largest absolute Gasteiger partial charge is 0.456 e. The molecule has 1 saturated heterocycles. The van der Waals surface area contributed by atoms with Crippen molar-refractivity contribution in [2.24, 2.45) is 11.7 Å². The predicted octanol–water partition coefficient (Wildman–Crippen LogP) is 2.17. The summed E-state index contributed by atoms with van der Waals surface area (Å²) in [6.07, 6.45) is 4.69. The molecule has 1 aromatic carbocycles. The molecule has 0 unspecified atom stereocenters. The van der Waals surface area contributed by atoms with Gasteiger partial charge in [-0.3, -0.25) is 9.59 Å². The maximum absolute atomic E-state index is 11.6. The molecule has 0 saturated carbocycles. The SMILES string of the molecule is NC(=O)COC(=O)CCC1CCN(c2cc(-c3ccccc3)ncn2)CC1. The van der Waals surface area contributed by atoms with E-state index in [9.17, 15) is 9.59 Å². The van der Waals surface area contributed by atoms with Crippen LogP contribution in [-0.4, -0.2) is 41.5 Å². The Morgan fingerprint density at radius 2 is 1.89 bits per heavy atom. The minimum atomic E-state index is -0.628. The summed E-state index contributed by atoms with van der Waals surface area (Å²) in [5.74, 6) is 0.414. The van der Waals surface area contributed by atoms with Gasteiger partial charge in [0.05, 0.1) is 5.69 Å². The van der Waals surface area contributed by atoms with E-state index in [-0.39, 0.29) is 12.6 Å². The van der Waals surface area contributed by atoms with Gasteiger partial charge >= 0.3 is 5.97 Å². The van der Waals surface area contributed by atoms with Crippen LogP contribution in [0.3, 0.4) is 0 Å². The smallest absolute Gasteiger partial charge is 0.306 e. The number of anilines is 1. The molecule has 0 bridgehead atoms. The molecule has 2 aromatic rings. The van der Waals surface area contributed by atoms with Gasteiger partial charge in [-0.25, -0.2) is 9.97 Å². The van der Waals surface area contributed by atoms with Crippen LogP contribution in [-0.2, 0) is 14.3 Å². The van der Waals surface area contributed by atoms with Crippen molar-refractivity contribution in [1.82, 2.24) is 9.97 Å². The van der Waals surface area contributed by atoms with Crippen molar-refractivity contribution in [1.29, 1.82) is 0 Å². The number of nitrogens with two attached hydrogens (primary N) is 1. The molecule has 7 nitrogen and oxygen atoms in total. The van der Waals surface area contributed by atoms with Crippen LogP contribution in [0.2, 0.25) is 0 Å². The number of primary amides is 1. The minimum Gasteiger partial charge on any atom is -0.456 e. The molecule has 0 radical (unpaired) electrons. The van der Waals surface area contributed by atoms with Crippen molar-refractivity contribution >= 4 is 17.7 Å². The van der Waals surface area contributed by atoms with Gasteiger partial charge in [-0.05, 0) is 25.2 Å². The summed E-state index contributed by atoms with van der Waals surface area (Å²) in [7, 11) is 0. The molecule has 0 atom stereocenters. The van der Waals surface area contributed by atoms with Crippen molar-refractivity contribution in [3.05, 3.63) is 42.7 Å². The first-order valence-electron chi connectivity index (χ1n) is 9.18. The molecule has 3 rings (SSSR count). The average Bonchev–Trinajstić information content (AvgIpc) is 2.72. The molecule has 27 heavy (non-hydrogen) atoms. The summed E-state index contributed by atoms with van der Waals surface area (Å²) in [5, 5.41) is 0. The van der Waals surface area contributed by atoms with Gasteiger partial charge in [0.2, 0.25) is 0 Å². The fourth-order valence-corrected chi connectivity index (χ4v) is 3.28. The van der Waals surface area contributed by atoms with E-state index in [2.05, 4.69) is 14.9 Å². The Morgan fingerprint density at radius 3 is 2.59 bits per heavy atom. The topological polar surface area (TPSA) is 98.4 Å². The summed E-state index contributed by atoms with van der Waals surface area (Å²) < 4.78 is 4.80. The molecule has 1 amide bonds. The van der Waals surface area contributed by atoms with Gasteiger partial charge < -0.3 is 15.4 Å². The number of carbonyl (C=O) groups excluding carboxylic acids is 2. The second-order valence-electron chi connectivity index (χ2n) is 6.72. The number of ether oxygens (including phenoxy) is 1. The lowest BCUT2D eigenvalue weighted by molar-refractivity contribution is -0.148. The first-order chi connectivity index (χ1) is 13.1. The van der Waals surface area contributed by atoms with Crippen molar-refractivity contribution in [2.45, 2.75) is 25.7 Å². The number of aromatic nitrogens is 2. The highest BCUT2D eigenvalue weighted by Crippen LogP contribution is 2.27. The summed E-state index contributed by atoms with van der Waals surface area (Å²) in [4.78, 5) is 33.3. The van der Waals surface area contributed by atoms with Crippen LogP contribution < -0.4 is 10.6 Å². The third-order valence-corrected chi connectivity index (χ3v) is 4.79. The van der Waals surface area contributed by atoms with Crippen LogP contribution in [0.5, 0.6) is 0 Å². The van der Waals surface area contributed by atoms with Crippen LogP contribution in [0.25, 0.3) is 11.3 Å². The van der Waals surface area contributed by atoms with Crippen LogP contribution >= 0.6 is 0 Å². The van der Waals surface area contributed by atoms with E-state index in [1.54, 1.807) is 6.33 Å². The highest BCUT2D eigenvalue weighted by atomic mass is 16.5. The fraction of sp³-hybridized carbons (Fsp3) is 0.400. The third kappa shape index (κ3) is 5.51. The Balaban J connectivity index is 1.49. The molecule has 2 N–H and O–H groups in total. The minimum absolute atomic E-state index is 0.323. The maximum Gasteiger partial charge on any atom is 0.306 e. The maximum atomic E-state index is 11.6. The molecule has 7 heteroatoms. The van der Waals surface area contributed by atoms with E-state index in [4.69, 9.17) is 10.5 Å². The molecule has 1 fully saturated rings. The van der Waals surface area contributed by atoms with Gasteiger partial charge in [-0.15, -0.1) is 0 Å². The molecule has 1 aromatic heterocycles. The number of piperidine rings is 1. The lowest BCUT2D eigenvalue weighted by Gasteiger charge is -2.32. The highest BCUT2D eigenvalue weighted by molar-refractivity contribution is 5.78. The Morgan fingerprint density at radius 1 is 1.15 bits per heavy atom. The quantitative estimate of drug-likeness (QED) is 0.752. The van der Waals surface area contributed by atoms with Crippen molar-refractivity contribution in [2.75, 3.05) is 24.6 Å². The van der Waals surface area contributed by atoms with Gasteiger partial charge in [0.25, 0.3) is 5.91 Å². The summed E-state index contributed by atoms with van der Waals surface area (Å²) in [6, 6.07) is 12.1. The number of hydrogen-bond donors (Lipinski definition) is 1. The van der Waals surface area contributed by atoms with Gasteiger partial charge in [-0.2, -0.15) is 0 Å². The second kappa shape index (κ2) is 9.12. The van der Waals surface area contributed by atoms with E-state index in [0.717, 1.165) is 49.4 Å². The van der Waals surface area contributed by atoms with Gasteiger partial charge in [0.15, 0.2) is 6.61 Å². The number of esters is 1. The van der Waals surface area contributed by atoms with Crippen LogP contribution in [0, 0.1) is 5.92 Å². The number of benzene rings is 1. The Labute approximate surface area is 158 Å². The summed E-state index contributed by atoms with van der Waals surface area (Å²) in [5.41, 5.74) is 6.96. The molecule has 1 aliphatic heterocycles. The van der Waals surface area contributed by atoms with Crippen molar-refractivity contribution in [3.63, 3.8) is 0 Å². The number of nitrogens with zero attached hydrogens (tertiary/aromatic N) is 3. The van der Waals surface area contributed by atoms with Crippen LogP contribution in [0.4, 0.5) is 5.82 Å². The second-order valence-corrected chi connectivity index (χ2v) is 6.72. The zero-order valence-corrected chi connectivity index (χ0v) is 15.2. The zero-order chi connectivity index (χ0) is 19.1. The molecular weight excluding hydrogens is 344 g/mol. The third-order valence-electron chi connectivity index (χ3n) is 4.79. The highest BCUT2D eigenvalue weighted by Gasteiger charge is 2.21. The molecule has 1 aliphatic rings. The summed E-state index contributed by atoms with van der Waals surface area (Å²) >= 11 is 0. The number of hydrogen-bond acceptors (Lipinski definition) is 6. The Hall–Kier alpha value is -2.96. The molecule has 0 aliphatic carbocycles. The summed E-state index contributed by atoms with van der Waals surface area (Å²) in [6.45, 7) is 1.45. The monoisotopic (exact) mass is 368 g/mol. The van der Waals surface area contributed by atoms with Gasteiger partial charge in [0, 0.05) is 31.1 Å². The standard InChI is InChI=1S/C20H24N4O3/c21-18(25)13-27-20(26)7-6-15-8-10-24(11-9-15)19-12-17(22-14-23-19)16-4-2-1-3-5-16/h1-5,12,14-15H,6-11,13H2,(H2,21,25). The van der Waals surface area contributed by atoms with Gasteiger partial charge in [-0.1, -0.05) is 30.3 Å². The van der Waals surface area contributed by atoms with E-state index >= 15 is 0 Å². The molecule has 0 spiro atoms. The number of amides is 1. The van der Waals surface area contributed by atoms with Gasteiger partial charge in [0.1, 0.15) is 12.1 Å². The lowest BCUT2D eigenvalue weighted by Crippen LogP contribution is -2.34. The number of rotatable bonds is 7.